The average Bonchev–Trinajstić information content (AvgIpc) is 1.67. The molecule has 0 spiro atoms. The first-order chi connectivity index (χ1) is 3.62. The number of hydrogen-bond donors (Lipinski definition) is 1. The summed E-state index contributed by atoms with van der Waals surface area (Å²) in [4.78, 5) is 0. The van der Waals surface area contributed by atoms with Crippen LogP contribution in [0.4, 0.5) is 0 Å². The molecule has 0 aromatic rings. The zero-order valence-electron chi connectivity index (χ0n) is 5.49. The van der Waals surface area contributed by atoms with Gasteiger partial charge in [-0.2, -0.15) is 8.42 Å². The molecule has 6 heteroatoms. The van der Waals surface area contributed by atoms with Crippen LogP contribution in [-0.4, -0.2) is 84.4 Å². The fourth-order valence-corrected chi connectivity index (χ4v) is 0.585. The zero-order valence-corrected chi connectivity index (χ0v) is 9.43. The first-order valence-corrected chi connectivity index (χ1v) is 3.59. The average molecular weight is 179 g/mol. The molecule has 4 nitrogen and oxygen atoms in total. The van der Waals surface area contributed by atoms with Gasteiger partial charge < -0.3 is 5.11 Å². The molecule has 0 aliphatic carbocycles. The minimum atomic E-state index is -3.42. The third-order valence-electron chi connectivity index (χ3n) is 0.595. The smallest absolute Gasteiger partial charge is 0.269 e. The van der Waals surface area contributed by atoms with Crippen LogP contribution in [0.25, 0.3) is 0 Å². The maximum absolute atomic E-state index is 10.2. The van der Waals surface area contributed by atoms with Crippen molar-refractivity contribution in [2.75, 3.05) is 19.5 Å². The van der Waals surface area contributed by atoms with Crippen LogP contribution in [0.2, 0.25) is 0 Å². The number of aliphatic hydroxyl groups is 1. The van der Waals surface area contributed by atoms with E-state index in [1.54, 1.807) is 0 Å². The molecule has 0 unspecified atom stereocenters. The first kappa shape index (κ1) is 13.1. The standard InChI is InChI=1S/C3H8O4S.K/c1-7-8(5,6)3-2-4;/h4H,2-3H2,1H3;. The summed E-state index contributed by atoms with van der Waals surface area (Å²) in [5.41, 5.74) is 0. The van der Waals surface area contributed by atoms with Crippen LogP contribution in [0.5, 0.6) is 0 Å². The van der Waals surface area contributed by atoms with Crippen molar-refractivity contribution < 1.29 is 17.7 Å². The van der Waals surface area contributed by atoms with Crippen LogP contribution in [0.3, 0.4) is 0 Å². The van der Waals surface area contributed by atoms with Gasteiger partial charge in [-0.3, -0.25) is 4.18 Å². The molecule has 0 bridgehead atoms. The molecular weight excluding hydrogens is 171 g/mol. The normalized spacial score (nSPS) is 10.4. The predicted molar refractivity (Wildman–Crippen MR) is 33.6 cm³/mol. The van der Waals surface area contributed by atoms with Gasteiger partial charge in [0, 0.05) is 51.4 Å². The molecule has 0 aromatic heterocycles. The molecule has 9 heavy (non-hydrogen) atoms. The molecule has 0 amide bonds. The summed E-state index contributed by atoms with van der Waals surface area (Å²) >= 11 is 0. The Kier molecular flexibility index (Phi) is 9.09. The maximum Gasteiger partial charge on any atom is 0.269 e. The van der Waals surface area contributed by atoms with E-state index >= 15 is 0 Å². The molecule has 1 radical (unpaired) electrons. The fourth-order valence-electron chi connectivity index (χ4n) is 0.195. The van der Waals surface area contributed by atoms with Crippen molar-refractivity contribution >= 4 is 61.5 Å². The summed E-state index contributed by atoms with van der Waals surface area (Å²) < 4.78 is 24.4. The first-order valence-electron chi connectivity index (χ1n) is 2.01. The van der Waals surface area contributed by atoms with E-state index < -0.39 is 16.7 Å². The van der Waals surface area contributed by atoms with E-state index in [-0.39, 0.29) is 57.1 Å². The van der Waals surface area contributed by atoms with Crippen LogP contribution in [0.15, 0.2) is 0 Å². The predicted octanol–water partition coefficient (Wildman–Crippen LogP) is -1.43. The van der Waals surface area contributed by atoms with E-state index in [4.69, 9.17) is 5.11 Å². The zero-order chi connectivity index (χ0) is 6.62. The maximum atomic E-state index is 10.2. The van der Waals surface area contributed by atoms with Gasteiger partial charge in [-0.05, 0) is 0 Å². The second kappa shape index (κ2) is 6.23. The van der Waals surface area contributed by atoms with Crippen molar-refractivity contribution in [3.8, 4) is 0 Å². The molecule has 0 fully saturated rings. The van der Waals surface area contributed by atoms with Gasteiger partial charge in [0.1, 0.15) is 0 Å². The van der Waals surface area contributed by atoms with E-state index in [1.165, 1.54) is 0 Å². The third kappa shape index (κ3) is 7.40. The molecule has 0 rings (SSSR count). The van der Waals surface area contributed by atoms with Crippen molar-refractivity contribution in [3.63, 3.8) is 0 Å². The van der Waals surface area contributed by atoms with E-state index in [1.807, 2.05) is 0 Å². The largest absolute Gasteiger partial charge is 0.395 e. The van der Waals surface area contributed by atoms with Gasteiger partial charge in [0.25, 0.3) is 10.1 Å². The minimum Gasteiger partial charge on any atom is -0.395 e. The Bertz CT molecular complexity index is 140. The van der Waals surface area contributed by atoms with Gasteiger partial charge in [-0.25, -0.2) is 0 Å². The van der Waals surface area contributed by atoms with Crippen LogP contribution in [0, 0.1) is 0 Å². The topological polar surface area (TPSA) is 63.6 Å². The van der Waals surface area contributed by atoms with E-state index in [0.717, 1.165) is 7.11 Å². The Morgan fingerprint density at radius 1 is 1.56 bits per heavy atom. The van der Waals surface area contributed by atoms with E-state index in [0.29, 0.717) is 0 Å². The SMILES string of the molecule is COS(=O)(=O)CCO.[K]. The molecule has 0 atom stereocenters. The summed E-state index contributed by atoms with van der Waals surface area (Å²) in [6.07, 6.45) is 0. The Balaban J connectivity index is 0. The van der Waals surface area contributed by atoms with Gasteiger partial charge in [0.05, 0.1) is 19.5 Å². The summed E-state index contributed by atoms with van der Waals surface area (Å²) in [6.45, 7) is -0.393. The van der Waals surface area contributed by atoms with Gasteiger partial charge in [-0.1, -0.05) is 0 Å². The van der Waals surface area contributed by atoms with E-state index in [9.17, 15) is 8.42 Å². The minimum absolute atomic E-state index is 0. The van der Waals surface area contributed by atoms with Crippen molar-refractivity contribution in [2.45, 2.75) is 0 Å². The van der Waals surface area contributed by atoms with Gasteiger partial charge >= 0.3 is 0 Å². The van der Waals surface area contributed by atoms with Crippen LogP contribution < -0.4 is 0 Å². The number of hydrogen-bond acceptors (Lipinski definition) is 4. The van der Waals surface area contributed by atoms with Crippen molar-refractivity contribution in [2.24, 2.45) is 0 Å². The summed E-state index contributed by atoms with van der Waals surface area (Å²) in [5, 5.41) is 8.07. The molecule has 0 heterocycles. The Morgan fingerprint density at radius 2 is 2.00 bits per heavy atom. The molecule has 0 aliphatic rings. The summed E-state index contributed by atoms with van der Waals surface area (Å²) in [6, 6.07) is 0. The molecule has 0 saturated heterocycles. The van der Waals surface area contributed by atoms with Crippen molar-refractivity contribution in [1.82, 2.24) is 0 Å². The second-order valence-electron chi connectivity index (χ2n) is 1.15. The van der Waals surface area contributed by atoms with Gasteiger partial charge in [0.15, 0.2) is 0 Å². The van der Waals surface area contributed by atoms with Crippen LogP contribution in [-0.2, 0) is 14.3 Å². The molecule has 1 N–H and O–H groups in total. The molecular formula is C3H8KO4S. The summed E-state index contributed by atoms with van der Waals surface area (Å²) in [7, 11) is -2.36. The molecule has 51 valence electrons. The third-order valence-corrected chi connectivity index (χ3v) is 1.79. The molecule has 0 aromatic carbocycles. The number of aliphatic hydroxyl groups excluding tert-OH is 1. The van der Waals surface area contributed by atoms with Gasteiger partial charge in [-0.15, -0.1) is 0 Å². The van der Waals surface area contributed by atoms with Crippen molar-refractivity contribution in [1.29, 1.82) is 0 Å². The Labute approximate surface area is 97.1 Å². The Morgan fingerprint density at radius 3 is 2.11 bits per heavy atom. The van der Waals surface area contributed by atoms with Crippen LogP contribution in [0.1, 0.15) is 0 Å². The van der Waals surface area contributed by atoms with Gasteiger partial charge in [0.2, 0.25) is 0 Å². The second-order valence-corrected chi connectivity index (χ2v) is 3.01. The van der Waals surface area contributed by atoms with Crippen LogP contribution >= 0.6 is 0 Å². The summed E-state index contributed by atoms with van der Waals surface area (Å²) in [5.74, 6) is -0.330. The molecule has 0 saturated carbocycles. The molecule has 0 aliphatic heterocycles. The number of rotatable bonds is 3. The monoisotopic (exact) mass is 179 g/mol. The fraction of sp³-hybridized carbons (Fsp3) is 1.00. The Hall–Kier alpha value is 1.51. The van der Waals surface area contributed by atoms with Crippen molar-refractivity contribution in [3.05, 3.63) is 0 Å². The van der Waals surface area contributed by atoms with E-state index in [2.05, 4.69) is 4.18 Å². The quantitative estimate of drug-likeness (QED) is 0.426.